The summed E-state index contributed by atoms with van der Waals surface area (Å²) in [5.41, 5.74) is 2.15. The molecular formula is C23H19NO4. The molecule has 4 rings (SSSR count). The van der Waals surface area contributed by atoms with Crippen LogP contribution in [0.5, 0.6) is 5.75 Å². The number of para-hydroxylation sites is 2. The molecule has 0 aliphatic heterocycles. The lowest BCUT2D eigenvalue weighted by atomic mass is 10.0. The maximum Gasteiger partial charge on any atom is 0.231 e. The van der Waals surface area contributed by atoms with Crippen molar-refractivity contribution in [2.45, 2.75) is 20.0 Å². The zero-order valence-corrected chi connectivity index (χ0v) is 15.6. The Morgan fingerprint density at radius 1 is 1.04 bits per heavy atom. The summed E-state index contributed by atoms with van der Waals surface area (Å²) in [7, 11) is 0. The van der Waals surface area contributed by atoms with Crippen LogP contribution in [0.2, 0.25) is 0 Å². The van der Waals surface area contributed by atoms with E-state index in [-0.39, 0.29) is 17.8 Å². The fraction of sp³-hybridized carbons (Fsp3) is 0.130. The van der Waals surface area contributed by atoms with E-state index in [0.29, 0.717) is 33.7 Å². The number of hydrogen-bond acceptors (Lipinski definition) is 5. The van der Waals surface area contributed by atoms with E-state index in [0.717, 1.165) is 0 Å². The van der Waals surface area contributed by atoms with E-state index >= 15 is 0 Å². The third-order valence-corrected chi connectivity index (χ3v) is 4.09. The fourth-order valence-electron chi connectivity index (χ4n) is 2.84. The second kappa shape index (κ2) is 7.56. The Kier molecular flexibility index (Phi) is 4.81. The molecule has 2 aromatic heterocycles. The number of hydrogen-bond donors (Lipinski definition) is 0. The molecule has 4 aromatic rings. The van der Waals surface area contributed by atoms with Crippen molar-refractivity contribution in [1.82, 2.24) is 4.98 Å². The van der Waals surface area contributed by atoms with Crippen molar-refractivity contribution in [3.8, 4) is 5.75 Å². The zero-order valence-electron chi connectivity index (χ0n) is 15.6. The van der Waals surface area contributed by atoms with E-state index in [4.69, 9.17) is 13.6 Å². The molecule has 0 aliphatic carbocycles. The van der Waals surface area contributed by atoms with E-state index in [1.54, 1.807) is 48.7 Å². The van der Waals surface area contributed by atoms with Gasteiger partial charge in [-0.05, 0) is 68.5 Å². The van der Waals surface area contributed by atoms with Crippen LogP contribution in [0.25, 0.3) is 22.7 Å². The Balaban J connectivity index is 1.74. The summed E-state index contributed by atoms with van der Waals surface area (Å²) in [6.45, 7) is 3.91. The number of ketones is 1. The van der Waals surface area contributed by atoms with Crippen molar-refractivity contribution in [1.29, 1.82) is 0 Å². The first-order valence-electron chi connectivity index (χ1n) is 9.03. The Labute approximate surface area is 162 Å². The van der Waals surface area contributed by atoms with Gasteiger partial charge in [-0.25, -0.2) is 4.98 Å². The summed E-state index contributed by atoms with van der Waals surface area (Å²) < 4.78 is 16.9. The minimum Gasteiger partial charge on any atom is -0.491 e. The molecular weight excluding hydrogens is 354 g/mol. The fourth-order valence-corrected chi connectivity index (χ4v) is 2.84. The summed E-state index contributed by atoms with van der Waals surface area (Å²) in [4.78, 5) is 17.7. The molecule has 0 amide bonds. The molecule has 0 saturated heterocycles. The minimum atomic E-state index is -0.209. The van der Waals surface area contributed by atoms with Gasteiger partial charge in [-0.1, -0.05) is 12.1 Å². The van der Waals surface area contributed by atoms with E-state index in [1.807, 2.05) is 38.1 Å². The highest BCUT2D eigenvalue weighted by atomic mass is 16.5. The van der Waals surface area contributed by atoms with Crippen molar-refractivity contribution in [2.75, 3.05) is 0 Å². The van der Waals surface area contributed by atoms with Gasteiger partial charge in [0.2, 0.25) is 5.89 Å². The average molecular weight is 373 g/mol. The maximum atomic E-state index is 13.2. The molecule has 0 bridgehead atoms. The first-order chi connectivity index (χ1) is 13.6. The van der Waals surface area contributed by atoms with Crippen LogP contribution < -0.4 is 4.74 Å². The molecule has 0 atom stereocenters. The highest BCUT2D eigenvalue weighted by Crippen LogP contribution is 2.27. The summed E-state index contributed by atoms with van der Waals surface area (Å²) in [6.07, 6.45) is 3.26. The summed E-state index contributed by atoms with van der Waals surface area (Å²) in [6, 6.07) is 18.0. The van der Waals surface area contributed by atoms with Crippen LogP contribution in [0.4, 0.5) is 0 Å². The van der Waals surface area contributed by atoms with Gasteiger partial charge in [0.25, 0.3) is 0 Å². The van der Waals surface area contributed by atoms with Crippen molar-refractivity contribution < 1.29 is 18.4 Å². The van der Waals surface area contributed by atoms with Gasteiger partial charge in [0.1, 0.15) is 17.0 Å². The van der Waals surface area contributed by atoms with E-state index in [9.17, 15) is 4.79 Å². The Morgan fingerprint density at radius 3 is 2.50 bits per heavy atom. The number of carbonyl (C=O) groups is 1. The first-order valence-corrected chi connectivity index (χ1v) is 9.03. The topological polar surface area (TPSA) is 65.5 Å². The quantitative estimate of drug-likeness (QED) is 0.324. The van der Waals surface area contributed by atoms with Gasteiger partial charge in [0, 0.05) is 5.56 Å². The normalized spacial score (nSPS) is 11.9. The van der Waals surface area contributed by atoms with Crippen LogP contribution in [0.3, 0.4) is 0 Å². The summed E-state index contributed by atoms with van der Waals surface area (Å²) in [5.74, 6) is 1.31. The lowest BCUT2D eigenvalue weighted by Crippen LogP contribution is -2.06. The number of rotatable bonds is 6. The number of carbonyl (C=O) groups excluding carboxylic acids is 1. The smallest absolute Gasteiger partial charge is 0.231 e. The minimum absolute atomic E-state index is 0.0655. The molecule has 5 heteroatoms. The molecule has 28 heavy (non-hydrogen) atoms. The molecule has 0 radical (unpaired) electrons. The SMILES string of the molecule is CC(C)Oc1ccc(C(=O)C(=Cc2ccco2)c2nc3ccccc3o2)cc1. The number of nitrogens with zero attached hydrogens (tertiary/aromatic N) is 1. The number of Topliss-reactive ketones (excluding diaryl/α,β-unsaturated/α-hetero) is 1. The predicted octanol–water partition coefficient (Wildman–Crippen LogP) is 5.63. The molecule has 0 spiro atoms. The third kappa shape index (κ3) is 3.74. The van der Waals surface area contributed by atoms with E-state index < -0.39 is 0 Å². The average Bonchev–Trinajstić information content (AvgIpc) is 3.35. The van der Waals surface area contributed by atoms with Crippen LogP contribution in [0.1, 0.15) is 35.9 Å². The molecule has 0 saturated carbocycles. The number of allylic oxidation sites excluding steroid dienone is 1. The Hall–Kier alpha value is -3.60. The van der Waals surface area contributed by atoms with Crippen LogP contribution in [0, 0.1) is 0 Å². The summed E-state index contributed by atoms with van der Waals surface area (Å²) in [5, 5.41) is 0. The van der Waals surface area contributed by atoms with Gasteiger partial charge >= 0.3 is 0 Å². The van der Waals surface area contributed by atoms with Gasteiger partial charge < -0.3 is 13.6 Å². The lowest BCUT2D eigenvalue weighted by Gasteiger charge is -2.10. The largest absolute Gasteiger partial charge is 0.491 e. The maximum absolute atomic E-state index is 13.2. The first kappa shape index (κ1) is 17.8. The van der Waals surface area contributed by atoms with Gasteiger partial charge in [-0.2, -0.15) is 0 Å². The Morgan fingerprint density at radius 2 is 1.82 bits per heavy atom. The van der Waals surface area contributed by atoms with Crippen LogP contribution in [-0.2, 0) is 0 Å². The monoisotopic (exact) mass is 373 g/mol. The molecule has 2 heterocycles. The van der Waals surface area contributed by atoms with Crippen LogP contribution in [-0.4, -0.2) is 16.9 Å². The molecule has 5 nitrogen and oxygen atoms in total. The highest BCUT2D eigenvalue weighted by molar-refractivity contribution is 6.31. The molecule has 2 aromatic carbocycles. The van der Waals surface area contributed by atoms with Gasteiger partial charge in [0.05, 0.1) is 17.9 Å². The molecule has 140 valence electrons. The lowest BCUT2D eigenvalue weighted by molar-refractivity contribution is 0.105. The van der Waals surface area contributed by atoms with E-state index in [2.05, 4.69) is 4.98 Å². The Bertz CT molecular complexity index is 1090. The second-order valence-corrected chi connectivity index (χ2v) is 6.58. The van der Waals surface area contributed by atoms with Crippen LogP contribution >= 0.6 is 0 Å². The number of benzene rings is 2. The van der Waals surface area contributed by atoms with Crippen LogP contribution in [0.15, 0.2) is 75.8 Å². The standard InChI is InChI=1S/C23H19NO4/c1-15(2)27-17-11-9-16(10-12-17)22(25)19(14-18-6-5-13-26-18)23-24-20-7-3-4-8-21(20)28-23/h3-15H,1-2H3. The molecule has 0 fully saturated rings. The molecule has 0 N–H and O–H groups in total. The summed E-state index contributed by atoms with van der Waals surface area (Å²) >= 11 is 0. The van der Waals surface area contributed by atoms with Gasteiger partial charge in [-0.15, -0.1) is 0 Å². The predicted molar refractivity (Wildman–Crippen MR) is 107 cm³/mol. The number of furan rings is 1. The molecule has 0 unspecified atom stereocenters. The number of fused-ring (bicyclic) bond motifs is 1. The van der Waals surface area contributed by atoms with Crippen molar-refractivity contribution in [2.24, 2.45) is 0 Å². The van der Waals surface area contributed by atoms with Gasteiger partial charge in [0.15, 0.2) is 11.4 Å². The van der Waals surface area contributed by atoms with Crippen molar-refractivity contribution in [3.63, 3.8) is 0 Å². The zero-order chi connectivity index (χ0) is 19.5. The third-order valence-electron chi connectivity index (χ3n) is 4.09. The number of ether oxygens (including phenoxy) is 1. The van der Waals surface area contributed by atoms with Crippen molar-refractivity contribution in [3.05, 3.63) is 84.1 Å². The van der Waals surface area contributed by atoms with Gasteiger partial charge in [-0.3, -0.25) is 4.79 Å². The number of aromatic nitrogens is 1. The highest BCUT2D eigenvalue weighted by Gasteiger charge is 2.21. The second-order valence-electron chi connectivity index (χ2n) is 6.58. The number of oxazole rings is 1. The molecule has 0 aliphatic rings. The van der Waals surface area contributed by atoms with E-state index in [1.165, 1.54) is 0 Å². The van der Waals surface area contributed by atoms with Crippen molar-refractivity contribution >= 4 is 28.5 Å².